The van der Waals surface area contributed by atoms with E-state index >= 15 is 0 Å². The van der Waals surface area contributed by atoms with Crippen molar-refractivity contribution in [3.05, 3.63) is 53.1 Å². The maximum atomic E-state index is 13.1. The number of hydrogen-bond donors (Lipinski definition) is 2. The Bertz CT molecular complexity index is 987. The van der Waals surface area contributed by atoms with Gasteiger partial charge in [-0.1, -0.05) is 25.0 Å². The average molecular weight is 425 g/mol. The zero-order valence-electron chi connectivity index (χ0n) is 17.5. The Balaban J connectivity index is 1.52. The van der Waals surface area contributed by atoms with Gasteiger partial charge in [-0.15, -0.1) is 0 Å². The topological polar surface area (TPSA) is 105 Å². The molecule has 4 rings (SSSR count). The smallest absolute Gasteiger partial charge is 0.338 e. The molecule has 2 aliphatic rings. The number of urea groups is 1. The lowest BCUT2D eigenvalue weighted by molar-refractivity contribution is -0.0470. The van der Waals surface area contributed by atoms with E-state index < -0.39 is 6.03 Å². The van der Waals surface area contributed by atoms with Crippen LogP contribution in [0.2, 0.25) is 0 Å². The third-order valence-electron chi connectivity index (χ3n) is 5.97. The van der Waals surface area contributed by atoms with Gasteiger partial charge in [0.25, 0.3) is 5.91 Å². The van der Waals surface area contributed by atoms with Crippen LogP contribution in [0.5, 0.6) is 11.5 Å². The van der Waals surface area contributed by atoms with Crippen LogP contribution in [0.3, 0.4) is 0 Å². The highest BCUT2D eigenvalue weighted by Crippen LogP contribution is 2.36. The fourth-order valence-electron chi connectivity index (χ4n) is 4.24. The predicted octanol–water partition coefficient (Wildman–Crippen LogP) is 3.69. The second kappa shape index (κ2) is 8.85. The minimum absolute atomic E-state index is 0.0857. The number of hydroxylamine groups is 2. The Morgan fingerprint density at radius 3 is 2.68 bits per heavy atom. The number of hydrogen-bond acceptors (Lipinski definition) is 5. The average Bonchev–Trinajstić information content (AvgIpc) is 3.40. The highest BCUT2D eigenvalue weighted by Gasteiger charge is 2.29. The van der Waals surface area contributed by atoms with Gasteiger partial charge in [-0.05, 0) is 48.1 Å². The number of methoxy groups -OCH3 is 1. The summed E-state index contributed by atoms with van der Waals surface area (Å²) in [6.45, 7) is 0.994. The summed E-state index contributed by atoms with van der Waals surface area (Å²) in [5.74, 6) is 1.69. The van der Waals surface area contributed by atoms with Crippen LogP contribution in [-0.4, -0.2) is 35.9 Å². The number of carbonyl (C=O) groups excluding carboxylic acids is 2. The first kappa shape index (κ1) is 21.0. The highest BCUT2D eigenvalue weighted by molar-refractivity contribution is 6.10. The lowest BCUT2D eigenvalue weighted by Crippen LogP contribution is -2.32. The number of amides is 3. The molecule has 1 aliphatic carbocycles. The van der Waals surface area contributed by atoms with Gasteiger partial charge in [0.2, 0.25) is 0 Å². The molecular weight excluding hydrogens is 398 g/mol. The molecule has 2 aromatic carbocycles. The van der Waals surface area contributed by atoms with Crippen molar-refractivity contribution in [3.8, 4) is 11.5 Å². The molecule has 8 nitrogen and oxygen atoms in total. The van der Waals surface area contributed by atoms with Crippen molar-refractivity contribution >= 4 is 17.6 Å². The maximum absolute atomic E-state index is 13.1. The van der Waals surface area contributed by atoms with Crippen molar-refractivity contribution in [1.82, 2.24) is 5.06 Å². The normalized spacial score (nSPS) is 15.8. The molecule has 3 N–H and O–H groups in total. The van der Waals surface area contributed by atoms with Gasteiger partial charge < -0.3 is 20.1 Å². The summed E-state index contributed by atoms with van der Waals surface area (Å²) in [6, 6.07) is 9.85. The van der Waals surface area contributed by atoms with E-state index in [1.165, 1.54) is 25.7 Å². The van der Waals surface area contributed by atoms with Crippen LogP contribution in [0.25, 0.3) is 0 Å². The minimum Gasteiger partial charge on any atom is -0.493 e. The monoisotopic (exact) mass is 425 g/mol. The van der Waals surface area contributed by atoms with Gasteiger partial charge in [0.1, 0.15) is 0 Å². The number of benzene rings is 2. The Kier molecular flexibility index (Phi) is 5.99. The quantitative estimate of drug-likeness (QED) is 0.520. The maximum Gasteiger partial charge on any atom is 0.338 e. The second-order valence-corrected chi connectivity index (χ2v) is 8.08. The SMILES string of the molecule is COc1ccc(N2Cc3ccc(CN(O)C(N)=O)cc3C2=O)cc1OCC1CCCC1. The Hall–Kier alpha value is -3.26. The molecule has 0 saturated heterocycles. The summed E-state index contributed by atoms with van der Waals surface area (Å²) in [5.41, 5.74) is 7.83. The van der Waals surface area contributed by atoms with Crippen molar-refractivity contribution in [2.45, 2.75) is 38.8 Å². The van der Waals surface area contributed by atoms with Crippen LogP contribution in [-0.2, 0) is 13.1 Å². The summed E-state index contributed by atoms with van der Waals surface area (Å²) in [6.07, 6.45) is 4.87. The molecule has 1 aliphatic heterocycles. The lowest BCUT2D eigenvalue weighted by atomic mass is 10.1. The molecule has 1 heterocycles. The van der Waals surface area contributed by atoms with E-state index in [9.17, 15) is 14.8 Å². The number of nitrogens with two attached hydrogens (primary N) is 1. The van der Waals surface area contributed by atoms with Crippen molar-refractivity contribution < 1.29 is 24.3 Å². The fourth-order valence-corrected chi connectivity index (χ4v) is 4.24. The Morgan fingerprint density at radius 2 is 1.97 bits per heavy atom. The molecule has 1 fully saturated rings. The molecule has 0 aromatic heterocycles. The van der Waals surface area contributed by atoms with E-state index in [0.29, 0.717) is 46.8 Å². The number of rotatable bonds is 7. The van der Waals surface area contributed by atoms with Crippen LogP contribution in [0.1, 0.15) is 47.2 Å². The molecule has 164 valence electrons. The fraction of sp³-hybridized carbons (Fsp3) is 0.391. The Labute approximate surface area is 181 Å². The summed E-state index contributed by atoms with van der Waals surface area (Å²) in [7, 11) is 1.60. The third kappa shape index (κ3) is 4.44. The molecule has 31 heavy (non-hydrogen) atoms. The van der Waals surface area contributed by atoms with Crippen molar-refractivity contribution in [3.63, 3.8) is 0 Å². The molecule has 0 radical (unpaired) electrons. The summed E-state index contributed by atoms with van der Waals surface area (Å²) in [4.78, 5) is 25.8. The van der Waals surface area contributed by atoms with Crippen LogP contribution >= 0.6 is 0 Å². The molecule has 3 amide bonds. The molecule has 0 unspecified atom stereocenters. The van der Waals surface area contributed by atoms with Gasteiger partial charge in [0, 0.05) is 17.3 Å². The van der Waals surface area contributed by atoms with E-state index in [0.717, 1.165) is 11.3 Å². The number of carbonyl (C=O) groups is 2. The predicted molar refractivity (Wildman–Crippen MR) is 114 cm³/mol. The first-order valence-electron chi connectivity index (χ1n) is 10.5. The van der Waals surface area contributed by atoms with Crippen molar-refractivity contribution in [2.75, 3.05) is 18.6 Å². The van der Waals surface area contributed by atoms with E-state index in [1.807, 2.05) is 24.3 Å². The largest absolute Gasteiger partial charge is 0.493 e. The number of anilines is 1. The van der Waals surface area contributed by atoms with Gasteiger partial charge in [0.15, 0.2) is 11.5 Å². The van der Waals surface area contributed by atoms with Gasteiger partial charge in [-0.2, -0.15) is 0 Å². The third-order valence-corrected chi connectivity index (χ3v) is 5.97. The minimum atomic E-state index is -0.947. The molecular formula is C23H27N3O5. The summed E-state index contributed by atoms with van der Waals surface area (Å²) < 4.78 is 11.5. The molecule has 0 bridgehead atoms. The van der Waals surface area contributed by atoms with Crippen LogP contribution in [0.15, 0.2) is 36.4 Å². The van der Waals surface area contributed by atoms with Crippen molar-refractivity contribution in [1.29, 1.82) is 0 Å². The van der Waals surface area contributed by atoms with Gasteiger partial charge in [-0.25, -0.2) is 9.86 Å². The van der Waals surface area contributed by atoms with Gasteiger partial charge in [-0.3, -0.25) is 10.0 Å². The van der Waals surface area contributed by atoms with Crippen molar-refractivity contribution in [2.24, 2.45) is 11.7 Å². The van der Waals surface area contributed by atoms with E-state index in [1.54, 1.807) is 24.1 Å². The van der Waals surface area contributed by atoms with E-state index in [2.05, 4.69) is 0 Å². The first-order valence-corrected chi connectivity index (χ1v) is 10.5. The van der Waals surface area contributed by atoms with Gasteiger partial charge in [0.05, 0.1) is 26.8 Å². The number of nitrogens with zero attached hydrogens (tertiary/aromatic N) is 2. The van der Waals surface area contributed by atoms with E-state index in [4.69, 9.17) is 15.2 Å². The van der Waals surface area contributed by atoms with Crippen LogP contribution in [0.4, 0.5) is 10.5 Å². The molecule has 0 atom stereocenters. The lowest BCUT2D eigenvalue weighted by Gasteiger charge is -2.19. The number of primary amides is 1. The zero-order chi connectivity index (χ0) is 22.0. The van der Waals surface area contributed by atoms with E-state index in [-0.39, 0.29) is 12.5 Å². The molecule has 2 aromatic rings. The standard InChI is InChI=1S/C23H27N3O5/c1-30-20-9-8-18(11-21(20)31-14-15-4-2-3-5-15)25-13-17-7-6-16(10-19(17)22(25)27)12-26(29)23(24)28/h6-11,15,29H,2-5,12-14H2,1H3,(H2,24,28). The molecule has 1 saturated carbocycles. The molecule has 0 spiro atoms. The van der Waals surface area contributed by atoms with Crippen LogP contribution < -0.4 is 20.1 Å². The Morgan fingerprint density at radius 1 is 1.19 bits per heavy atom. The number of fused-ring (bicyclic) bond motifs is 1. The van der Waals surface area contributed by atoms with Gasteiger partial charge >= 0.3 is 6.03 Å². The summed E-state index contributed by atoms with van der Waals surface area (Å²) >= 11 is 0. The number of ether oxygens (including phenoxy) is 2. The van der Waals surface area contributed by atoms with Crippen LogP contribution in [0, 0.1) is 5.92 Å². The second-order valence-electron chi connectivity index (χ2n) is 8.08. The highest BCUT2D eigenvalue weighted by atomic mass is 16.5. The zero-order valence-corrected chi connectivity index (χ0v) is 17.5. The first-order chi connectivity index (χ1) is 15.0. The molecule has 8 heteroatoms. The summed E-state index contributed by atoms with van der Waals surface area (Å²) in [5, 5.41) is 9.98.